The van der Waals surface area contributed by atoms with E-state index in [4.69, 9.17) is 4.42 Å². The Kier molecular flexibility index (Phi) is 4.91. The van der Waals surface area contributed by atoms with Gasteiger partial charge in [-0.25, -0.2) is 4.79 Å². The van der Waals surface area contributed by atoms with Crippen LogP contribution in [-0.4, -0.2) is 35.2 Å². The van der Waals surface area contributed by atoms with Crippen LogP contribution in [0.4, 0.5) is 4.79 Å². The van der Waals surface area contributed by atoms with Gasteiger partial charge in [0.2, 0.25) is 0 Å². The lowest BCUT2D eigenvalue weighted by Crippen LogP contribution is -2.48. The number of hydrogen-bond acceptors (Lipinski definition) is 5. The van der Waals surface area contributed by atoms with Crippen molar-refractivity contribution in [3.8, 4) is 0 Å². The Hall–Kier alpha value is -3.62. The number of carbonyl (C=O) groups is 4. The molecular weight excluding hydrogens is 364 g/mol. The molecule has 1 aromatic heterocycles. The maximum absolute atomic E-state index is 12.8. The summed E-state index contributed by atoms with van der Waals surface area (Å²) in [4.78, 5) is 49.9. The molecule has 28 heavy (non-hydrogen) atoms. The van der Waals surface area contributed by atoms with Gasteiger partial charge in [-0.1, -0.05) is 29.8 Å². The third kappa shape index (κ3) is 3.46. The Balaban J connectivity index is 1.64. The third-order valence-electron chi connectivity index (χ3n) is 4.62. The topological polar surface area (TPSA) is 121 Å². The average Bonchev–Trinajstić information content (AvgIpc) is 3.17. The molecule has 9 nitrogen and oxygen atoms in total. The summed E-state index contributed by atoms with van der Waals surface area (Å²) < 4.78 is 5.02. The number of carbonyl (C=O) groups excluding carboxylic acids is 4. The van der Waals surface area contributed by atoms with Crippen molar-refractivity contribution in [1.82, 2.24) is 21.1 Å². The van der Waals surface area contributed by atoms with E-state index in [1.807, 2.05) is 19.1 Å². The van der Waals surface area contributed by atoms with Crippen molar-refractivity contribution in [1.29, 1.82) is 0 Å². The first-order valence-electron chi connectivity index (χ1n) is 8.57. The number of benzene rings is 1. The molecule has 0 radical (unpaired) electrons. The summed E-state index contributed by atoms with van der Waals surface area (Å²) >= 11 is 0. The highest BCUT2D eigenvalue weighted by molar-refractivity contribution is 6.09. The molecule has 0 bridgehead atoms. The molecule has 0 saturated carbocycles. The minimum Gasteiger partial charge on any atom is -0.469 e. The second kappa shape index (κ2) is 7.18. The van der Waals surface area contributed by atoms with Gasteiger partial charge in [-0.3, -0.25) is 30.1 Å². The third-order valence-corrected chi connectivity index (χ3v) is 4.62. The predicted molar refractivity (Wildman–Crippen MR) is 97.8 cm³/mol. The number of nitrogens with one attached hydrogen (secondary N) is 3. The summed E-state index contributed by atoms with van der Waals surface area (Å²) in [5.41, 5.74) is 5.04. The minimum absolute atomic E-state index is 0.266. The van der Waals surface area contributed by atoms with Crippen LogP contribution in [0.1, 0.15) is 34.2 Å². The van der Waals surface area contributed by atoms with Crippen LogP contribution in [0.3, 0.4) is 0 Å². The first kappa shape index (κ1) is 19.2. The van der Waals surface area contributed by atoms with E-state index in [1.54, 1.807) is 26.0 Å². The number of amides is 5. The van der Waals surface area contributed by atoms with Gasteiger partial charge in [-0.05, 0) is 32.4 Å². The van der Waals surface area contributed by atoms with Crippen LogP contribution in [0.5, 0.6) is 0 Å². The monoisotopic (exact) mass is 384 g/mol. The Labute approximate surface area is 161 Å². The van der Waals surface area contributed by atoms with Crippen molar-refractivity contribution in [3.05, 3.63) is 59.0 Å². The largest absolute Gasteiger partial charge is 0.469 e. The zero-order valence-electron chi connectivity index (χ0n) is 15.7. The summed E-state index contributed by atoms with van der Waals surface area (Å²) in [7, 11) is 0. The zero-order valence-corrected chi connectivity index (χ0v) is 15.7. The summed E-state index contributed by atoms with van der Waals surface area (Å²) in [6, 6.07) is 7.96. The molecule has 1 atom stereocenters. The van der Waals surface area contributed by atoms with Crippen LogP contribution in [-0.2, 0) is 15.1 Å². The number of furan rings is 1. The van der Waals surface area contributed by atoms with E-state index in [1.165, 1.54) is 12.3 Å². The number of urea groups is 1. The molecule has 2 heterocycles. The number of nitrogens with zero attached hydrogens (tertiary/aromatic N) is 1. The molecule has 146 valence electrons. The molecule has 9 heteroatoms. The van der Waals surface area contributed by atoms with E-state index in [0.717, 1.165) is 10.5 Å². The highest BCUT2D eigenvalue weighted by Gasteiger charge is 2.49. The Morgan fingerprint density at radius 1 is 1.11 bits per heavy atom. The number of aryl methyl sites for hydroxylation is 2. The van der Waals surface area contributed by atoms with E-state index in [9.17, 15) is 19.2 Å². The lowest BCUT2D eigenvalue weighted by molar-refractivity contribution is -0.135. The fourth-order valence-electron chi connectivity index (χ4n) is 2.92. The van der Waals surface area contributed by atoms with Gasteiger partial charge in [-0.2, -0.15) is 0 Å². The van der Waals surface area contributed by atoms with Crippen LogP contribution in [0, 0.1) is 13.8 Å². The normalized spacial score (nSPS) is 18.8. The van der Waals surface area contributed by atoms with Crippen LogP contribution in [0.25, 0.3) is 0 Å². The van der Waals surface area contributed by atoms with E-state index >= 15 is 0 Å². The zero-order chi connectivity index (χ0) is 20.5. The summed E-state index contributed by atoms with van der Waals surface area (Å²) in [5.74, 6) is -1.43. The fraction of sp³-hybridized carbons (Fsp3) is 0.263. The summed E-state index contributed by atoms with van der Waals surface area (Å²) in [6.45, 7) is 4.57. The van der Waals surface area contributed by atoms with Crippen LogP contribution in [0.15, 0.2) is 41.0 Å². The minimum atomic E-state index is -1.26. The van der Waals surface area contributed by atoms with Gasteiger partial charge in [0.15, 0.2) is 0 Å². The second-order valence-corrected chi connectivity index (χ2v) is 6.71. The first-order valence-corrected chi connectivity index (χ1v) is 8.57. The first-order chi connectivity index (χ1) is 13.2. The van der Waals surface area contributed by atoms with Crippen molar-refractivity contribution in [2.45, 2.75) is 26.3 Å². The molecule has 2 aromatic rings. The molecule has 3 N–H and O–H groups in total. The standard InChI is InChI=1S/C19H20N4O5/c1-11-4-6-13(7-5-11)19(3)17(26)23(18(27)20-19)10-15(24)21-22-16(25)14-8-9-28-12(14)2/h4-9H,10H2,1-3H3,(H,20,27)(H,21,24)(H,22,25)/t19-/m0/s1. The highest BCUT2D eigenvalue weighted by Crippen LogP contribution is 2.28. The number of hydrazine groups is 1. The molecule has 1 saturated heterocycles. The van der Waals surface area contributed by atoms with E-state index < -0.39 is 35.8 Å². The highest BCUT2D eigenvalue weighted by atomic mass is 16.3. The van der Waals surface area contributed by atoms with Crippen molar-refractivity contribution in [2.75, 3.05) is 6.54 Å². The Morgan fingerprint density at radius 3 is 2.39 bits per heavy atom. The van der Waals surface area contributed by atoms with Gasteiger partial charge in [0.05, 0.1) is 11.8 Å². The SMILES string of the molecule is Cc1ccc([C@]2(C)NC(=O)N(CC(=O)NNC(=O)c3ccoc3C)C2=O)cc1. The lowest BCUT2D eigenvalue weighted by atomic mass is 9.91. The van der Waals surface area contributed by atoms with Crippen molar-refractivity contribution in [2.24, 2.45) is 0 Å². The quantitative estimate of drug-likeness (QED) is 0.539. The Morgan fingerprint density at radius 2 is 1.79 bits per heavy atom. The van der Waals surface area contributed by atoms with E-state index in [-0.39, 0.29) is 5.56 Å². The van der Waals surface area contributed by atoms with Gasteiger partial charge >= 0.3 is 6.03 Å². The van der Waals surface area contributed by atoms with Crippen LogP contribution < -0.4 is 16.2 Å². The Bertz CT molecular complexity index is 949. The summed E-state index contributed by atoms with van der Waals surface area (Å²) in [6.07, 6.45) is 1.35. The van der Waals surface area contributed by atoms with Gasteiger partial charge < -0.3 is 9.73 Å². The van der Waals surface area contributed by atoms with Crippen molar-refractivity contribution < 1.29 is 23.6 Å². The molecule has 1 aliphatic heterocycles. The average molecular weight is 384 g/mol. The number of imide groups is 1. The molecule has 0 unspecified atom stereocenters. The molecule has 0 aliphatic carbocycles. The fourth-order valence-corrected chi connectivity index (χ4v) is 2.92. The summed E-state index contributed by atoms with van der Waals surface area (Å²) in [5, 5.41) is 2.62. The van der Waals surface area contributed by atoms with Gasteiger partial charge in [0, 0.05) is 0 Å². The predicted octanol–water partition coefficient (Wildman–Crippen LogP) is 1.12. The van der Waals surface area contributed by atoms with Gasteiger partial charge in [-0.15, -0.1) is 0 Å². The maximum atomic E-state index is 12.8. The van der Waals surface area contributed by atoms with Crippen molar-refractivity contribution in [3.63, 3.8) is 0 Å². The van der Waals surface area contributed by atoms with Crippen LogP contribution in [0.2, 0.25) is 0 Å². The maximum Gasteiger partial charge on any atom is 0.325 e. The smallest absolute Gasteiger partial charge is 0.325 e. The molecule has 0 spiro atoms. The molecule has 1 aliphatic rings. The van der Waals surface area contributed by atoms with Gasteiger partial charge in [0.25, 0.3) is 17.7 Å². The molecule has 1 fully saturated rings. The number of hydrogen-bond donors (Lipinski definition) is 3. The van der Waals surface area contributed by atoms with E-state index in [2.05, 4.69) is 16.2 Å². The molecule has 5 amide bonds. The molecule has 1 aromatic carbocycles. The molecular formula is C19H20N4O5. The van der Waals surface area contributed by atoms with Crippen LogP contribution >= 0.6 is 0 Å². The number of rotatable bonds is 4. The second-order valence-electron chi connectivity index (χ2n) is 6.71. The van der Waals surface area contributed by atoms with Crippen molar-refractivity contribution >= 4 is 23.8 Å². The lowest BCUT2D eigenvalue weighted by Gasteiger charge is -2.22. The van der Waals surface area contributed by atoms with E-state index in [0.29, 0.717) is 11.3 Å². The van der Waals surface area contributed by atoms with Gasteiger partial charge in [0.1, 0.15) is 17.8 Å². The molecule has 3 rings (SSSR count).